The van der Waals surface area contributed by atoms with Crippen molar-refractivity contribution in [2.45, 2.75) is 33.4 Å². The Morgan fingerprint density at radius 2 is 1.40 bits per heavy atom. The van der Waals surface area contributed by atoms with E-state index in [0.29, 0.717) is 12.0 Å². The number of hydrazine groups is 1. The maximum atomic E-state index is 12.5. The van der Waals surface area contributed by atoms with Gasteiger partial charge in [0, 0.05) is 39.3 Å². The molecule has 166 valence electrons. The van der Waals surface area contributed by atoms with Crippen molar-refractivity contribution in [3.8, 4) is 0 Å². The van der Waals surface area contributed by atoms with Gasteiger partial charge in [-0.25, -0.2) is 10.0 Å². The van der Waals surface area contributed by atoms with Gasteiger partial charge >= 0.3 is 6.18 Å². The molecular formula is C24H34F3N3. The van der Waals surface area contributed by atoms with Crippen molar-refractivity contribution >= 4 is 0 Å². The molecule has 0 bridgehead atoms. The van der Waals surface area contributed by atoms with E-state index in [4.69, 9.17) is 0 Å². The Labute approximate surface area is 179 Å². The van der Waals surface area contributed by atoms with Crippen LogP contribution in [0.5, 0.6) is 0 Å². The van der Waals surface area contributed by atoms with Gasteiger partial charge in [0.15, 0.2) is 0 Å². The summed E-state index contributed by atoms with van der Waals surface area (Å²) in [7, 11) is 0. The topological polar surface area (TPSA) is 9.72 Å². The predicted molar refractivity (Wildman–Crippen MR) is 117 cm³/mol. The van der Waals surface area contributed by atoms with Crippen LogP contribution in [0.25, 0.3) is 0 Å². The minimum Gasteiger partial charge on any atom is -0.301 e. The summed E-state index contributed by atoms with van der Waals surface area (Å²) in [5, 5.41) is 4.93. The lowest BCUT2D eigenvalue weighted by molar-refractivity contribution is -0.137. The molecule has 0 radical (unpaired) electrons. The second-order valence-electron chi connectivity index (χ2n) is 7.39. The number of hydrogen-bond acceptors (Lipinski definition) is 3. The van der Waals surface area contributed by atoms with Gasteiger partial charge < -0.3 is 4.90 Å². The minimum atomic E-state index is -4.27. The fraction of sp³-hybridized carbons (Fsp3) is 0.500. The summed E-state index contributed by atoms with van der Waals surface area (Å²) in [6.45, 7) is 15.1. The summed E-state index contributed by atoms with van der Waals surface area (Å²) in [5.74, 6) is 0. The number of hydrogen-bond donors (Lipinski definition) is 0. The summed E-state index contributed by atoms with van der Waals surface area (Å²) in [6.07, 6.45) is -3.75. The van der Waals surface area contributed by atoms with Gasteiger partial charge in [0.05, 0.1) is 5.56 Å². The second kappa shape index (κ2) is 12.1. The Morgan fingerprint density at radius 1 is 0.800 bits per heavy atom. The molecular weight excluding hydrogens is 387 g/mol. The van der Waals surface area contributed by atoms with Crippen LogP contribution in [-0.4, -0.2) is 60.7 Å². The molecule has 0 atom stereocenters. The Balaban J connectivity index is 0.000000222. The molecule has 3 nitrogen and oxygen atoms in total. The number of likely N-dealkylation sites (N-methyl/N-ethyl adjacent to an activating group) is 1. The summed E-state index contributed by atoms with van der Waals surface area (Å²) < 4.78 is 37.5. The Bertz CT molecular complexity index is 722. The van der Waals surface area contributed by atoms with Crippen molar-refractivity contribution < 1.29 is 13.2 Å². The molecule has 2 aromatic carbocycles. The molecule has 0 aliphatic carbocycles. The van der Waals surface area contributed by atoms with Gasteiger partial charge in [0.1, 0.15) is 0 Å². The second-order valence-corrected chi connectivity index (χ2v) is 7.39. The zero-order valence-corrected chi connectivity index (χ0v) is 18.3. The number of benzene rings is 2. The highest BCUT2D eigenvalue weighted by molar-refractivity contribution is 5.30. The summed E-state index contributed by atoms with van der Waals surface area (Å²) >= 11 is 0. The highest BCUT2D eigenvalue weighted by Gasteiger charge is 2.30. The number of halogens is 3. The summed E-state index contributed by atoms with van der Waals surface area (Å²) in [4.78, 5) is 2.51. The van der Waals surface area contributed by atoms with Gasteiger partial charge in [-0.1, -0.05) is 69.3 Å². The normalized spacial score (nSPS) is 15.7. The highest BCUT2D eigenvalue weighted by Crippen LogP contribution is 2.29. The molecule has 1 heterocycles. The third kappa shape index (κ3) is 7.74. The van der Waals surface area contributed by atoms with Crippen LogP contribution in [0.15, 0.2) is 54.6 Å². The molecule has 0 spiro atoms. The van der Waals surface area contributed by atoms with Gasteiger partial charge in [-0.05, 0) is 30.2 Å². The minimum absolute atomic E-state index is 0.519. The Morgan fingerprint density at radius 3 is 1.93 bits per heavy atom. The van der Waals surface area contributed by atoms with Crippen molar-refractivity contribution in [2.24, 2.45) is 0 Å². The average molecular weight is 422 g/mol. The maximum Gasteiger partial charge on any atom is 0.416 e. The summed E-state index contributed by atoms with van der Waals surface area (Å²) in [5.41, 5.74) is 1.09. The molecule has 0 N–H and O–H groups in total. The molecule has 1 aliphatic heterocycles. The van der Waals surface area contributed by atoms with Crippen molar-refractivity contribution in [1.82, 2.24) is 14.9 Å². The third-order valence-electron chi connectivity index (χ3n) is 5.43. The lowest BCUT2D eigenvalue weighted by Gasteiger charge is -2.40. The highest BCUT2D eigenvalue weighted by atomic mass is 19.4. The van der Waals surface area contributed by atoms with Crippen LogP contribution >= 0.6 is 0 Å². The molecule has 0 saturated carbocycles. The lowest BCUT2D eigenvalue weighted by atomic mass is 10.0. The number of rotatable bonds is 6. The van der Waals surface area contributed by atoms with E-state index in [1.54, 1.807) is 6.07 Å². The average Bonchev–Trinajstić information content (AvgIpc) is 2.76. The molecule has 0 unspecified atom stereocenters. The largest absolute Gasteiger partial charge is 0.416 e. The van der Waals surface area contributed by atoms with E-state index < -0.39 is 11.7 Å². The zero-order valence-electron chi connectivity index (χ0n) is 18.3. The first kappa shape index (κ1) is 24.4. The fourth-order valence-corrected chi connectivity index (χ4v) is 3.65. The van der Waals surface area contributed by atoms with E-state index in [9.17, 15) is 13.2 Å². The first-order valence-corrected chi connectivity index (χ1v) is 10.8. The number of piperazine rings is 1. The quantitative estimate of drug-likeness (QED) is 0.637. The van der Waals surface area contributed by atoms with E-state index in [0.717, 1.165) is 24.7 Å². The molecule has 2 aromatic rings. The molecule has 30 heavy (non-hydrogen) atoms. The maximum absolute atomic E-state index is 12.5. The van der Waals surface area contributed by atoms with Crippen LogP contribution in [0, 0.1) is 0 Å². The van der Waals surface area contributed by atoms with E-state index in [-0.39, 0.29) is 0 Å². The van der Waals surface area contributed by atoms with Gasteiger partial charge in [-0.15, -0.1) is 0 Å². The van der Waals surface area contributed by atoms with Crippen LogP contribution < -0.4 is 0 Å². The van der Waals surface area contributed by atoms with Gasteiger partial charge in [-0.2, -0.15) is 13.2 Å². The molecule has 1 aliphatic rings. The van der Waals surface area contributed by atoms with Crippen molar-refractivity contribution in [3.63, 3.8) is 0 Å². The van der Waals surface area contributed by atoms with Crippen LogP contribution in [0.4, 0.5) is 13.2 Å². The smallest absolute Gasteiger partial charge is 0.301 e. The third-order valence-corrected chi connectivity index (χ3v) is 5.43. The van der Waals surface area contributed by atoms with Gasteiger partial charge in [0.2, 0.25) is 0 Å². The van der Waals surface area contributed by atoms with Crippen LogP contribution in [0.1, 0.15) is 37.5 Å². The van der Waals surface area contributed by atoms with Gasteiger partial charge in [-0.3, -0.25) is 0 Å². The predicted octanol–water partition coefficient (Wildman–Crippen LogP) is 5.18. The molecule has 0 amide bonds. The Kier molecular flexibility index (Phi) is 9.82. The Hall–Kier alpha value is -1.89. The molecule has 1 fully saturated rings. The summed E-state index contributed by atoms with van der Waals surface area (Å²) in [6, 6.07) is 14.9. The van der Waals surface area contributed by atoms with Crippen molar-refractivity contribution in [1.29, 1.82) is 0 Å². The van der Waals surface area contributed by atoms with E-state index in [1.807, 2.05) is 30.3 Å². The van der Waals surface area contributed by atoms with Crippen LogP contribution in [-0.2, 0) is 12.6 Å². The fourth-order valence-electron chi connectivity index (χ4n) is 3.65. The molecule has 0 aromatic heterocycles. The van der Waals surface area contributed by atoms with E-state index in [1.165, 1.54) is 44.9 Å². The van der Waals surface area contributed by atoms with Gasteiger partial charge in [0.25, 0.3) is 0 Å². The number of alkyl halides is 3. The molecule has 3 rings (SSSR count). The van der Waals surface area contributed by atoms with Crippen LogP contribution in [0.3, 0.4) is 0 Å². The molecule has 6 heteroatoms. The van der Waals surface area contributed by atoms with Crippen molar-refractivity contribution in [2.75, 3.05) is 45.8 Å². The first-order valence-electron chi connectivity index (χ1n) is 10.8. The standard InChI is InChI=1S/C14H11F3.C10H23N3/c15-14(16,17)13-8-4-7-12(10-13)9-11-5-2-1-3-6-11;1-4-11-7-9-13(10-8-11)12(5-2)6-3/h1-8,10H,9H2;4-10H2,1-3H3. The van der Waals surface area contributed by atoms with E-state index in [2.05, 4.69) is 35.7 Å². The lowest BCUT2D eigenvalue weighted by Crippen LogP contribution is -2.53. The molecule has 1 saturated heterocycles. The monoisotopic (exact) mass is 421 g/mol. The van der Waals surface area contributed by atoms with Crippen molar-refractivity contribution in [3.05, 3.63) is 71.3 Å². The van der Waals surface area contributed by atoms with E-state index >= 15 is 0 Å². The number of nitrogens with zero attached hydrogens (tertiary/aromatic N) is 3. The zero-order chi connectivity index (χ0) is 22.0. The van der Waals surface area contributed by atoms with Crippen LogP contribution in [0.2, 0.25) is 0 Å². The SMILES string of the molecule is CCN1CCN(N(CC)CC)CC1.FC(F)(F)c1cccc(Cc2ccccc2)c1. The first-order chi connectivity index (χ1) is 14.4.